The van der Waals surface area contributed by atoms with Gasteiger partial charge in [-0.3, -0.25) is 4.79 Å². The molecule has 1 fully saturated rings. The number of amides is 1. The van der Waals surface area contributed by atoms with Crippen LogP contribution in [0, 0.1) is 17.5 Å². The van der Waals surface area contributed by atoms with Crippen LogP contribution in [-0.4, -0.2) is 42.1 Å². The molecule has 0 bridgehead atoms. The lowest BCUT2D eigenvalue weighted by molar-refractivity contribution is 0.0921. The van der Waals surface area contributed by atoms with E-state index in [0.717, 1.165) is 30.8 Å². The lowest BCUT2D eigenvalue weighted by Gasteiger charge is -2.29. The van der Waals surface area contributed by atoms with Gasteiger partial charge in [0.25, 0.3) is 5.91 Å². The maximum Gasteiger partial charge on any atom is 0.254 e. The van der Waals surface area contributed by atoms with Gasteiger partial charge in [0.2, 0.25) is 5.95 Å². The summed E-state index contributed by atoms with van der Waals surface area (Å²) in [5.41, 5.74) is -0.493. The number of nitrogens with zero attached hydrogens (tertiary/aromatic N) is 3. The van der Waals surface area contributed by atoms with Gasteiger partial charge < -0.3 is 15.5 Å². The van der Waals surface area contributed by atoms with Crippen LogP contribution in [0.3, 0.4) is 0 Å². The Morgan fingerprint density at radius 3 is 2.39 bits per heavy atom. The number of carbonyl (C=O) groups excluding carboxylic acids is 1. The summed E-state index contributed by atoms with van der Waals surface area (Å²) in [5.74, 6) is -3.82. The summed E-state index contributed by atoms with van der Waals surface area (Å²) < 4.78 is 40.1. The first-order chi connectivity index (χ1) is 13.3. The third-order valence-corrected chi connectivity index (χ3v) is 4.77. The van der Waals surface area contributed by atoms with Gasteiger partial charge in [-0.05, 0) is 43.9 Å². The molecule has 1 aliphatic rings. The van der Waals surface area contributed by atoms with Gasteiger partial charge in [0.05, 0.1) is 5.56 Å². The minimum Gasteiger partial charge on any atom is -0.363 e. The Kier molecular flexibility index (Phi) is 6.01. The van der Waals surface area contributed by atoms with Gasteiger partial charge in [-0.2, -0.15) is 4.98 Å². The van der Waals surface area contributed by atoms with E-state index in [9.17, 15) is 18.0 Å². The minimum absolute atomic E-state index is 0.158. The first-order valence-corrected chi connectivity index (χ1v) is 9.06. The molecule has 1 aromatic carbocycles. The Hall–Kier alpha value is -2.84. The zero-order chi connectivity index (χ0) is 20.3. The Balaban J connectivity index is 1.54. The number of halogens is 3. The minimum atomic E-state index is -1.64. The molecule has 6 nitrogen and oxygen atoms in total. The Bertz CT molecular complexity index is 853. The van der Waals surface area contributed by atoms with Crippen molar-refractivity contribution in [1.29, 1.82) is 0 Å². The van der Waals surface area contributed by atoms with Crippen molar-refractivity contribution in [2.24, 2.45) is 0 Å². The molecule has 2 N–H and O–H groups in total. The van der Waals surface area contributed by atoms with Gasteiger partial charge in [-0.25, -0.2) is 18.2 Å². The highest BCUT2D eigenvalue weighted by atomic mass is 19.2. The highest BCUT2D eigenvalue weighted by Gasteiger charge is 2.25. The smallest absolute Gasteiger partial charge is 0.254 e. The van der Waals surface area contributed by atoms with Crippen molar-refractivity contribution >= 4 is 17.7 Å². The molecule has 1 heterocycles. The number of hydrogen-bond donors (Lipinski definition) is 2. The second-order valence-corrected chi connectivity index (χ2v) is 7.02. The van der Waals surface area contributed by atoms with Gasteiger partial charge >= 0.3 is 0 Å². The maximum absolute atomic E-state index is 13.8. The van der Waals surface area contributed by atoms with Crippen LogP contribution in [0.25, 0.3) is 0 Å². The van der Waals surface area contributed by atoms with Gasteiger partial charge in [0.1, 0.15) is 5.82 Å². The van der Waals surface area contributed by atoms with Crippen LogP contribution in [0.2, 0.25) is 0 Å². The molecule has 0 atom stereocenters. The molecule has 0 saturated heterocycles. The van der Waals surface area contributed by atoms with Crippen LogP contribution in [-0.2, 0) is 0 Å². The summed E-state index contributed by atoms with van der Waals surface area (Å²) in [6.45, 7) is 0. The molecule has 9 heteroatoms. The van der Waals surface area contributed by atoms with Crippen LogP contribution < -0.4 is 15.5 Å². The summed E-state index contributed by atoms with van der Waals surface area (Å²) in [7, 11) is 3.80. The molecule has 28 heavy (non-hydrogen) atoms. The quantitative estimate of drug-likeness (QED) is 0.764. The van der Waals surface area contributed by atoms with Crippen molar-refractivity contribution in [3.63, 3.8) is 0 Å². The van der Waals surface area contributed by atoms with E-state index in [4.69, 9.17) is 0 Å². The summed E-state index contributed by atoms with van der Waals surface area (Å²) in [5, 5.41) is 5.99. The highest BCUT2D eigenvalue weighted by Crippen LogP contribution is 2.23. The Morgan fingerprint density at radius 1 is 1.04 bits per heavy atom. The molecule has 0 aliphatic heterocycles. The molecule has 1 aromatic heterocycles. The van der Waals surface area contributed by atoms with Crippen LogP contribution in [0.5, 0.6) is 0 Å². The van der Waals surface area contributed by atoms with Crippen LogP contribution >= 0.6 is 0 Å². The van der Waals surface area contributed by atoms with Gasteiger partial charge in [-0.15, -0.1) is 0 Å². The van der Waals surface area contributed by atoms with Crippen molar-refractivity contribution in [2.45, 2.75) is 37.8 Å². The summed E-state index contributed by atoms with van der Waals surface area (Å²) in [6.07, 6.45) is 4.55. The molecular formula is C19H22F3N5O. The van der Waals surface area contributed by atoms with E-state index in [2.05, 4.69) is 20.6 Å². The molecule has 150 valence electrons. The molecule has 2 aromatic rings. The number of aromatic nitrogens is 2. The number of carbonyl (C=O) groups is 1. The SMILES string of the molecule is CN(C)c1ccnc(NC2CCC(NC(=O)c3ccc(F)c(F)c3F)CC2)n1. The highest BCUT2D eigenvalue weighted by molar-refractivity contribution is 5.94. The van der Waals surface area contributed by atoms with Crippen molar-refractivity contribution in [3.8, 4) is 0 Å². The standard InChI is InChI=1S/C19H22F3N5O/c1-27(2)15-9-10-23-19(26-15)25-12-5-3-11(4-6-12)24-18(28)13-7-8-14(20)17(22)16(13)21/h7-12H,3-6H2,1-2H3,(H,24,28)(H,23,25,26). The first kappa shape index (κ1) is 19.9. The van der Waals surface area contributed by atoms with E-state index in [0.29, 0.717) is 18.8 Å². The summed E-state index contributed by atoms with van der Waals surface area (Å²) in [4.78, 5) is 22.7. The number of nitrogens with one attached hydrogen (secondary N) is 2. The molecule has 1 saturated carbocycles. The predicted molar refractivity (Wildman–Crippen MR) is 99.8 cm³/mol. The van der Waals surface area contributed by atoms with Crippen LogP contribution in [0.1, 0.15) is 36.0 Å². The fraction of sp³-hybridized carbons (Fsp3) is 0.421. The molecule has 1 aliphatic carbocycles. The van der Waals surface area contributed by atoms with E-state index >= 15 is 0 Å². The zero-order valence-corrected chi connectivity index (χ0v) is 15.7. The van der Waals surface area contributed by atoms with Gasteiger partial charge in [0, 0.05) is 32.4 Å². The van der Waals surface area contributed by atoms with Crippen LogP contribution in [0.15, 0.2) is 24.4 Å². The second-order valence-electron chi connectivity index (χ2n) is 7.02. The normalized spacial score (nSPS) is 19.2. The van der Waals surface area contributed by atoms with Crippen molar-refractivity contribution in [2.75, 3.05) is 24.3 Å². The molecule has 0 unspecified atom stereocenters. The number of benzene rings is 1. The average molecular weight is 393 g/mol. The third kappa shape index (κ3) is 4.52. The van der Waals surface area contributed by atoms with Crippen LogP contribution in [0.4, 0.5) is 24.9 Å². The molecule has 1 amide bonds. The van der Waals surface area contributed by atoms with E-state index < -0.39 is 28.9 Å². The maximum atomic E-state index is 13.8. The fourth-order valence-corrected chi connectivity index (χ4v) is 3.20. The number of hydrogen-bond acceptors (Lipinski definition) is 5. The Labute approximate surface area is 161 Å². The second kappa shape index (κ2) is 8.45. The van der Waals surface area contributed by atoms with Crippen molar-refractivity contribution in [3.05, 3.63) is 47.4 Å². The lowest BCUT2D eigenvalue weighted by Crippen LogP contribution is -2.40. The monoisotopic (exact) mass is 393 g/mol. The van der Waals surface area contributed by atoms with E-state index in [1.54, 1.807) is 6.20 Å². The topological polar surface area (TPSA) is 70.2 Å². The largest absolute Gasteiger partial charge is 0.363 e. The molecular weight excluding hydrogens is 371 g/mol. The average Bonchev–Trinajstić information content (AvgIpc) is 2.68. The third-order valence-electron chi connectivity index (χ3n) is 4.77. The zero-order valence-electron chi connectivity index (χ0n) is 15.7. The first-order valence-electron chi connectivity index (χ1n) is 9.06. The molecule has 0 radical (unpaired) electrons. The van der Waals surface area contributed by atoms with E-state index in [-0.39, 0.29) is 12.1 Å². The number of rotatable bonds is 5. The lowest BCUT2D eigenvalue weighted by atomic mass is 9.91. The van der Waals surface area contributed by atoms with E-state index in [1.807, 2.05) is 25.1 Å². The molecule has 0 spiro atoms. The van der Waals surface area contributed by atoms with Gasteiger partial charge in [0.15, 0.2) is 17.5 Å². The summed E-state index contributed by atoms with van der Waals surface area (Å²) in [6, 6.07) is 3.51. The predicted octanol–water partition coefficient (Wildman–Crippen LogP) is 3.11. The van der Waals surface area contributed by atoms with E-state index in [1.165, 1.54) is 0 Å². The van der Waals surface area contributed by atoms with Crippen molar-refractivity contribution < 1.29 is 18.0 Å². The van der Waals surface area contributed by atoms with Gasteiger partial charge in [-0.1, -0.05) is 0 Å². The van der Waals surface area contributed by atoms with Crippen molar-refractivity contribution in [1.82, 2.24) is 15.3 Å². The molecule has 3 rings (SSSR count). The Morgan fingerprint density at radius 2 is 1.71 bits per heavy atom. The number of anilines is 2. The summed E-state index contributed by atoms with van der Waals surface area (Å²) >= 11 is 0. The fourth-order valence-electron chi connectivity index (χ4n) is 3.20.